The van der Waals surface area contributed by atoms with E-state index >= 15 is 0 Å². The number of rotatable bonds is 6. The first-order valence-corrected chi connectivity index (χ1v) is 5.64. The van der Waals surface area contributed by atoms with Gasteiger partial charge in [-0.3, -0.25) is 10.1 Å². The molecule has 1 aromatic rings. The van der Waals surface area contributed by atoms with E-state index in [0.717, 1.165) is 24.8 Å². The number of unbranched alkanes of at least 4 members (excludes halogenated alkanes) is 2. The zero-order valence-corrected chi connectivity index (χ0v) is 9.56. The van der Waals surface area contributed by atoms with Crippen LogP contribution in [0.2, 0.25) is 0 Å². The fourth-order valence-electron chi connectivity index (χ4n) is 1.51. The predicted molar refractivity (Wildman–Crippen MR) is 65.6 cm³/mol. The van der Waals surface area contributed by atoms with Gasteiger partial charge in [-0.05, 0) is 12.0 Å². The summed E-state index contributed by atoms with van der Waals surface area (Å²) < 4.78 is 0. The van der Waals surface area contributed by atoms with Crippen LogP contribution in [0.5, 0.6) is 0 Å². The molecule has 86 valence electrons. The maximum absolute atomic E-state index is 10.8. The summed E-state index contributed by atoms with van der Waals surface area (Å²) in [6.07, 6.45) is 5.22. The molecule has 0 atom stereocenters. The van der Waals surface area contributed by atoms with E-state index in [2.05, 4.69) is 6.92 Å². The zero-order valence-electron chi connectivity index (χ0n) is 9.56. The van der Waals surface area contributed by atoms with Crippen molar-refractivity contribution in [2.24, 2.45) is 0 Å². The SMILES string of the molecule is CCCCC/C(=C\c1ccccc1)[N+](=O)[O-]. The summed E-state index contributed by atoms with van der Waals surface area (Å²) in [6, 6.07) is 9.43. The molecular weight excluding hydrogens is 202 g/mol. The molecule has 0 saturated carbocycles. The Balaban J connectivity index is 2.70. The third-order valence-electron chi connectivity index (χ3n) is 2.40. The Morgan fingerprint density at radius 2 is 2.00 bits per heavy atom. The minimum Gasteiger partial charge on any atom is -0.259 e. The molecule has 0 radical (unpaired) electrons. The average molecular weight is 219 g/mol. The van der Waals surface area contributed by atoms with Gasteiger partial charge >= 0.3 is 0 Å². The summed E-state index contributed by atoms with van der Waals surface area (Å²) in [6.45, 7) is 2.09. The van der Waals surface area contributed by atoms with Crippen LogP contribution in [0.1, 0.15) is 38.2 Å². The van der Waals surface area contributed by atoms with Gasteiger partial charge < -0.3 is 0 Å². The van der Waals surface area contributed by atoms with Crippen LogP contribution in [0.15, 0.2) is 36.0 Å². The molecule has 0 bridgehead atoms. The van der Waals surface area contributed by atoms with Gasteiger partial charge in [0.1, 0.15) is 0 Å². The number of nitrogens with zero attached hydrogens (tertiary/aromatic N) is 1. The molecule has 1 rings (SSSR count). The second-order valence-corrected chi connectivity index (χ2v) is 3.76. The molecule has 0 spiro atoms. The van der Waals surface area contributed by atoms with Crippen LogP contribution in [-0.2, 0) is 0 Å². The van der Waals surface area contributed by atoms with Gasteiger partial charge in [0.15, 0.2) is 0 Å². The van der Waals surface area contributed by atoms with Gasteiger partial charge in [0.05, 0.1) is 4.92 Å². The summed E-state index contributed by atoms with van der Waals surface area (Å²) >= 11 is 0. The molecule has 3 nitrogen and oxygen atoms in total. The van der Waals surface area contributed by atoms with Crippen molar-refractivity contribution in [1.82, 2.24) is 0 Å². The molecule has 0 aliphatic carbocycles. The van der Waals surface area contributed by atoms with Crippen LogP contribution < -0.4 is 0 Å². The van der Waals surface area contributed by atoms with Gasteiger partial charge in [-0.1, -0.05) is 50.1 Å². The minimum absolute atomic E-state index is 0.275. The first-order chi connectivity index (χ1) is 7.74. The van der Waals surface area contributed by atoms with Crippen molar-refractivity contribution >= 4 is 6.08 Å². The standard InChI is InChI=1S/C13H17NO2/c1-2-3-5-10-13(14(15)16)11-12-8-6-4-7-9-12/h4,6-9,11H,2-3,5,10H2,1H3/b13-11+. The molecule has 0 aliphatic rings. The molecule has 0 fully saturated rings. The third kappa shape index (κ3) is 4.26. The quantitative estimate of drug-likeness (QED) is 0.414. The van der Waals surface area contributed by atoms with Gasteiger partial charge in [-0.2, -0.15) is 0 Å². The molecule has 0 heterocycles. The van der Waals surface area contributed by atoms with Gasteiger partial charge in [0.25, 0.3) is 0 Å². The Morgan fingerprint density at radius 1 is 1.31 bits per heavy atom. The van der Waals surface area contributed by atoms with E-state index in [1.54, 1.807) is 6.08 Å². The highest BCUT2D eigenvalue weighted by Crippen LogP contribution is 2.14. The van der Waals surface area contributed by atoms with E-state index in [-0.39, 0.29) is 4.92 Å². The van der Waals surface area contributed by atoms with Gasteiger partial charge in [-0.25, -0.2) is 0 Å². The molecule has 0 N–H and O–H groups in total. The lowest BCUT2D eigenvalue weighted by atomic mass is 10.1. The Hall–Kier alpha value is -1.64. The van der Waals surface area contributed by atoms with Crippen LogP contribution in [0.4, 0.5) is 0 Å². The largest absolute Gasteiger partial charge is 0.259 e. The average Bonchev–Trinajstić information content (AvgIpc) is 2.29. The van der Waals surface area contributed by atoms with Crippen LogP contribution >= 0.6 is 0 Å². The molecule has 0 amide bonds. The summed E-state index contributed by atoms with van der Waals surface area (Å²) in [5.41, 5.74) is 1.20. The first kappa shape index (κ1) is 12.4. The number of allylic oxidation sites excluding steroid dienone is 1. The van der Waals surface area contributed by atoms with E-state index in [0.29, 0.717) is 12.1 Å². The third-order valence-corrected chi connectivity index (χ3v) is 2.40. The summed E-state index contributed by atoms with van der Waals surface area (Å²) in [5, 5.41) is 10.8. The van der Waals surface area contributed by atoms with Gasteiger partial charge in [0.2, 0.25) is 5.70 Å². The van der Waals surface area contributed by atoms with E-state index in [4.69, 9.17) is 0 Å². The molecule has 3 heteroatoms. The summed E-state index contributed by atoms with van der Waals surface area (Å²) in [5.74, 6) is 0. The fourth-order valence-corrected chi connectivity index (χ4v) is 1.51. The van der Waals surface area contributed by atoms with Crippen LogP contribution in [-0.4, -0.2) is 4.92 Å². The second-order valence-electron chi connectivity index (χ2n) is 3.76. The first-order valence-electron chi connectivity index (χ1n) is 5.64. The normalized spacial score (nSPS) is 11.4. The second kappa shape index (κ2) is 6.77. The molecule has 0 aliphatic heterocycles. The molecule has 0 saturated heterocycles. The van der Waals surface area contributed by atoms with Crippen LogP contribution in [0, 0.1) is 10.1 Å². The van der Waals surface area contributed by atoms with Crippen LogP contribution in [0.3, 0.4) is 0 Å². The monoisotopic (exact) mass is 219 g/mol. The molecule has 0 aromatic heterocycles. The van der Waals surface area contributed by atoms with E-state index in [1.807, 2.05) is 30.3 Å². The van der Waals surface area contributed by atoms with Crippen molar-refractivity contribution < 1.29 is 4.92 Å². The van der Waals surface area contributed by atoms with Crippen molar-refractivity contribution in [3.05, 3.63) is 51.7 Å². The Labute approximate surface area is 95.9 Å². The highest BCUT2D eigenvalue weighted by Gasteiger charge is 2.09. The summed E-state index contributed by atoms with van der Waals surface area (Å²) in [7, 11) is 0. The lowest BCUT2D eigenvalue weighted by Gasteiger charge is -1.98. The number of benzene rings is 1. The van der Waals surface area contributed by atoms with E-state index in [1.165, 1.54) is 0 Å². The minimum atomic E-state index is -0.275. The molecule has 16 heavy (non-hydrogen) atoms. The van der Waals surface area contributed by atoms with Crippen molar-refractivity contribution in [3.8, 4) is 0 Å². The van der Waals surface area contributed by atoms with Gasteiger partial charge in [0, 0.05) is 12.5 Å². The molecular formula is C13H17NO2. The Morgan fingerprint density at radius 3 is 2.56 bits per heavy atom. The lowest BCUT2D eigenvalue weighted by molar-refractivity contribution is -0.426. The van der Waals surface area contributed by atoms with E-state index in [9.17, 15) is 10.1 Å². The smallest absolute Gasteiger partial charge is 0.246 e. The highest BCUT2D eigenvalue weighted by atomic mass is 16.6. The molecule has 1 aromatic carbocycles. The predicted octanol–water partition coefficient (Wildman–Crippen LogP) is 3.88. The topological polar surface area (TPSA) is 43.1 Å². The van der Waals surface area contributed by atoms with Gasteiger partial charge in [-0.15, -0.1) is 0 Å². The van der Waals surface area contributed by atoms with Crippen LogP contribution in [0.25, 0.3) is 6.08 Å². The number of hydrogen-bond donors (Lipinski definition) is 0. The fraction of sp³-hybridized carbons (Fsp3) is 0.385. The Bertz CT molecular complexity index is 357. The van der Waals surface area contributed by atoms with Crippen molar-refractivity contribution in [1.29, 1.82) is 0 Å². The zero-order chi connectivity index (χ0) is 11.8. The van der Waals surface area contributed by atoms with E-state index < -0.39 is 0 Å². The van der Waals surface area contributed by atoms with Crippen molar-refractivity contribution in [3.63, 3.8) is 0 Å². The van der Waals surface area contributed by atoms with Crippen molar-refractivity contribution in [2.45, 2.75) is 32.6 Å². The van der Waals surface area contributed by atoms with Crippen molar-refractivity contribution in [2.75, 3.05) is 0 Å². The number of nitro groups is 1. The maximum atomic E-state index is 10.8. The Kier molecular flexibility index (Phi) is 5.26. The highest BCUT2D eigenvalue weighted by molar-refractivity contribution is 5.50. The molecule has 0 unspecified atom stereocenters. The lowest BCUT2D eigenvalue weighted by Crippen LogP contribution is -1.98. The summed E-state index contributed by atoms with van der Waals surface area (Å²) in [4.78, 5) is 10.6. The number of hydrogen-bond acceptors (Lipinski definition) is 2. The maximum Gasteiger partial charge on any atom is 0.246 e.